The molecule has 1 aromatic carbocycles. The monoisotopic (exact) mass is 375 g/mol. The van der Waals surface area contributed by atoms with Gasteiger partial charge in [-0.05, 0) is 57.4 Å². The van der Waals surface area contributed by atoms with E-state index in [1.54, 1.807) is 20.8 Å². The van der Waals surface area contributed by atoms with Crippen molar-refractivity contribution in [1.29, 1.82) is 0 Å². The van der Waals surface area contributed by atoms with E-state index in [1.807, 2.05) is 13.8 Å². The predicted octanol–water partition coefficient (Wildman–Crippen LogP) is 5.01. The molecule has 0 fully saturated rings. The van der Waals surface area contributed by atoms with Crippen LogP contribution < -0.4 is 5.32 Å². The molecule has 1 amide bonds. The molecule has 26 heavy (non-hydrogen) atoms. The molecular weight excluding hydrogens is 351 g/mol. The van der Waals surface area contributed by atoms with Gasteiger partial charge in [-0.25, -0.2) is 9.59 Å². The Labute approximate surface area is 150 Å². The molecule has 0 radical (unpaired) electrons. The Balaban J connectivity index is 2.75. The first kappa shape index (κ1) is 21.8. The van der Waals surface area contributed by atoms with Crippen LogP contribution in [-0.2, 0) is 20.4 Å². The number of hydrogen-bond acceptors (Lipinski definition) is 4. The number of anilines is 1. The van der Waals surface area contributed by atoms with E-state index in [1.165, 1.54) is 0 Å². The van der Waals surface area contributed by atoms with Gasteiger partial charge < -0.3 is 9.47 Å². The van der Waals surface area contributed by atoms with E-state index in [4.69, 9.17) is 9.47 Å². The van der Waals surface area contributed by atoms with Crippen molar-refractivity contribution in [3.63, 3.8) is 0 Å². The molecule has 1 unspecified atom stereocenters. The maximum atomic E-state index is 12.5. The Morgan fingerprint density at radius 1 is 1.08 bits per heavy atom. The van der Waals surface area contributed by atoms with Gasteiger partial charge in [-0.2, -0.15) is 13.2 Å². The van der Waals surface area contributed by atoms with E-state index in [0.29, 0.717) is 0 Å². The normalized spacial score (nSPS) is 13.3. The molecule has 1 atom stereocenters. The molecule has 0 saturated heterocycles. The summed E-state index contributed by atoms with van der Waals surface area (Å²) in [6.45, 7) is 8.79. The molecule has 5 nitrogen and oxygen atoms in total. The molecule has 8 heteroatoms. The van der Waals surface area contributed by atoms with Gasteiger partial charge in [-0.15, -0.1) is 0 Å². The molecule has 0 aliphatic heterocycles. The van der Waals surface area contributed by atoms with E-state index >= 15 is 0 Å². The second kappa shape index (κ2) is 8.42. The van der Waals surface area contributed by atoms with Crippen molar-refractivity contribution >= 4 is 17.7 Å². The van der Waals surface area contributed by atoms with Crippen LogP contribution in [-0.4, -0.2) is 23.8 Å². The summed E-state index contributed by atoms with van der Waals surface area (Å²) in [5.41, 5.74) is -1.45. The minimum atomic E-state index is -4.46. The van der Waals surface area contributed by atoms with Gasteiger partial charge in [-0.1, -0.05) is 13.8 Å². The van der Waals surface area contributed by atoms with Crippen molar-refractivity contribution in [3.05, 3.63) is 29.8 Å². The number of carbonyl (C=O) groups excluding carboxylic acids is 2. The molecule has 1 N–H and O–H groups in total. The quantitative estimate of drug-likeness (QED) is 0.735. The van der Waals surface area contributed by atoms with Crippen molar-refractivity contribution in [2.45, 2.75) is 58.9 Å². The first-order valence-corrected chi connectivity index (χ1v) is 8.15. The fraction of sp³-hybridized carbons (Fsp3) is 0.556. The topological polar surface area (TPSA) is 64.6 Å². The zero-order valence-corrected chi connectivity index (χ0v) is 15.4. The minimum Gasteiger partial charge on any atom is -0.457 e. The highest BCUT2D eigenvalue weighted by atomic mass is 19.4. The first-order chi connectivity index (χ1) is 11.8. The first-order valence-electron chi connectivity index (χ1n) is 8.15. The number of amides is 1. The molecule has 0 bridgehead atoms. The second-order valence-corrected chi connectivity index (χ2v) is 7.26. The number of alkyl halides is 3. The lowest BCUT2D eigenvalue weighted by Gasteiger charge is -2.24. The maximum absolute atomic E-state index is 12.5. The number of ether oxygens (including phenoxy) is 2. The summed E-state index contributed by atoms with van der Waals surface area (Å²) in [5, 5.41) is 2.31. The zero-order chi connectivity index (χ0) is 20.1. The van der Waals surface area contributed by atoms with E-state index in [0.717, 1.165) is 24.3 Å². The van der Waals surface area contributed by atoms with Crippen molar-refractivity contribution in [2.24, 2.45) is 5.92 Å². The summed E-state index contributed by atoms with van der Waals surface area (Å²) in [5.74, 6) is -0.611. The number of benzene rings is 1. The Kier molecular flexibility index (Phi) is 7.06. The van der Waals surface area contributed by atoms with Crippen molar-refractivity contribution in [3.8, 4) is 0 Å². The van der Waals surface area contributed by atoms with Gasteiger partial charge in [0.15, 0.2) is 0 Å². The van der Waals surface area contributed by atoms with Gasteiger partial charge in [0.1, 0.15) is 5.60 Å². The van der Waals surface area contributed by atoms with E-state index < -0.39 is 35.5 Å². The molecule has 0 aliphatic carbocycles. The van der Waals surface area contributed by atoms with E-state index in [2.05, 4.69) is 5.32 Å². The Bertz CT molecular complexity index is 619. The molecule has 146 valence electrons. The zero-order valence-electron chi connectivity index (χ0n) is 15.4. The Hall–Kier alpha value is -2.25. The van der Waals surface area contributed by atoms with Crippen molar-refractivity contribution < 1.29 is 32.2 Å². The summed E-state index contributed by atoms with van der Waals surface area (Å²) < 4.78 is 48.0. The van der Waals surface area contributed by atoms with Crippen LogP contribution >= 0.6 is 0 Å². The predicted molar refractivity (Wildman–Crippen MR) is 90.6 cm³/mol. The number of rotatable bonds is 5. The lowest BCUT2D eigenvalue weighted by Crippen LogP contribution is -2.36. The molecule has 0 aliphatic rings. The third kappa shape index (κ3) is 7.76. The summed E-state index contributed by atoms with van der Waals surface area (Å²) in [7, 11) is 0. The van der Waals surface area contributed by atoms with Crippen LogP contribution in [0.1, 0.15) is 46.6 Å². The second-order valence-electron chi connectivity index (χ2n) is 7.26. The summed E-state index contributed by atoms with van der Waals surface area (Å²) in [6.07, 6.45) is -6.25. The van der Waals surface area contributed by atoms with Crippen LogP contribution in [0.4, 0.5) is 23.7 Å². The number of esters is 1. The third-order valence-corrected chi connectivity index (χ3v) is 3.06. The Morgan fingerprint density at radius 3 is 2.04 bits per heavy atom. The van der Waals surface area contributed by atoms with E-state index in [-0.39, 0.29) is 18.0 Å². The van der Waals surface area contributed by atoms with Gasteiger partial charge in [-0.3, -0.25) is 5.32 Å². The van der Waals surface area contributed by atoms with Crippen molar-refractivity contribution in [2.75, 3.05) is 5.32 Å². The molecule has 0 saturated carbocycles. The highest BCUT2D eigenvalue weighted by molar-refractivity contribution is 5.87. The standard InChI is InChI=1S/C18H24F3NO4/c1-11(2)10-14(15(23)26-17(3,4)5)25-16(24)22-13-8-6-12(7-9-13)18(19,20)21/h6-9,11,14H,10H2,1-5H3,(H,22,24). The van der Waals surface area contributed by atoms with E-state index in [9.17, 15) is 22.8 Å². The molecule has 0 heterocycles. The summed E-state index contributed by atoms with van der Waals surface area (Å²) in [4.78, 5) is 24.2. The van der Waals surface area contributed by atoms with Gasteiger partial charge in [0.2, 0.25) is 6.10 Å². The van der Waals surface area contributed by atoms with Crippen LogP contribution in [0.3, 0.4) is 0 Å². The largest absolute Gasteiger partial charge is 0.457 e. The molecule has 0 aromatic heterocycles. The molecular formula is C18H24F3NO4. The smallest absolute Gasteiger partial charge is 0.416 e. The molecule has 1 rings (SSSR count). The number of nitrogens with one attached hydrogen (secondary N) is 1. The summed E-state index contributed by atoms with van der Waals surface area (Å²) in [6, 6.07) is 3.90. The lowest BCUT2D eigenvalue weighted by atomic mass is 10.1. The van der Waals surface area contributed by atoms with Gasteiger partial charge in [0.25, 0.3) is 0 Å². The average Bonchev–Trinajstić information content (AvgIpc) is 2.43. The number of halogens is 3. The fourth-order valence-electron chi connectivity index (χ4n) is 2.01. The number of hydrogen-bond donors (Lipinski definition) is 1. The van der Waals surface area contributed by atoms with Gasteiger partial charge in [0, 0.05) is 5.69 Å². The molecule has 1 aromatic rings. The fourth-order valence-corrected chi connectivity index (χ4v) is 2.01. The number of carbonyl (C=O) groups is 2. The Morgan fingerprint density at radius 2 is 1.62 bits per heavy atom. The average molecular weight is 375 g/mol. The molecule has 0 spiro atoms. The summed E-state index contributed by atoms with van der Waals surface area (Å²) >= 11 is 0. The van der Waals surface area contributed by atoms with Crippen LogP contribution in [0, 0.1) is 5.92 Å². The van der Waals surface area contributed by atoms with Crippen LogP contribution in [0.25, 0.3) is 0 Å². The maximum Gasteiger partial charge on any atom is 0.416 e. The minimum absolute atomic E-state index is 0.0615. The highest BCUT2D eigenvalue weighted by Gasteiger charge is 2.31. The van der Waals surface area contributed by atoms with Crippen LogP contribution in [0.5, 0.6) is 0 Å². The highest BCUT2D eigenvalue weighted by Crippen LogP contribution is 2.29. The SMILES string of the molecule is CC(C)CC(OC(=O)Nc1ccc(C(F)(F)F)cc1)C(=O)OC(C)(C)C. The van der Waals surface area contributed by atoms with Crippen LogP contribution in [0.2, 0.25) is 0 Å². The van der Waals surface area contributed by atoms with Crippen molar-refractivity contribution in [1.82, 2.24) is 0 Å². The third-order valence-electron chi connectivity index (χ3n) is 3.06. The lowest BCUT2D eigenvalue weighted by molar-refractivity contribution is -0.165. The van der Waals surface area contributed by atoms with Gasteiger partial charge >= 0.3 is 18.2 Å². The van der Waals surface area contributed by atoms with Gasteiger partial charge in [0.05, 0.1) is 5.56 Å². The van der Waals surface area contributed by atoms with Crippen LogP contribution in [0.15, 0.2) is 24.3 Å².